The Morgan fingerprint density at radius 1 is 1.20 bits per heavy atom. The van der Waals surface area contributed by atoms with Crippen molar-refractivity contribution in [2.75, 3.05) is 0 Å². The molecule has 0 atom stereocenters. The summed E-state index contributed by atoms with van der Waals surface area (Å²) in [7, 11) is 1.63. The third kappa shape index (κ3) is 3.49. The lowest BCUT2D eigenvalue weighted by atomic mass is 10.1. The number of halogens is 2. The number of rotatable bonds is 3. The molecule has 0 unspecified atom stereocenters. The molecule has 0 radical (unpaired) electrons. The molecular weight excluding hydrogens is 379 g/mol. The van der Waals surface area contributed by atoms with Crippen LogP contribution < -0.4 is 10.9 Å². The molecule has 1 aromatic heterocycles. The minimum Gasteiger partial charge on any atom is -0.506 e. The average Bonchev–Trinajstić information content (AvgIpc) is 2.58. The molecule has 3 aromatic rings. The van der Waals surface area contributed by atoms with Gasteiger partial charge in [-0.25, -0.2) is 0 Å². The number of nitrogens with one attached hydrogen (secondary N) is 1. The van der Waals surface area contributed by atoms with Crippen molar-refractivity contribution in [3.8, 4) is 5.75 Å². The van der Waals surface area contributed by atoms with Crippen molar-refractivity contribution in [1.29, 1.82) is 0 Å². The van der Waals surface area contributed by atoms with E-state index in [4.69, 9.17) is 35.4 Å². The Kier molecular flexibility index (Phi) is 4.99. The van der Waals surface area contributed by atoms with Crippen molar-refractivity contribution in [2.24, 2.45) is 7.05 Å². The van der Waals surface area contributed by atoms with Gasteiger partial charge in [0.15, 0.2) is 0 Å². The van der Waals surface area contributed by atoms with Crippen LogP contribution in [-0.4, -0.2) is 14.7 Å². The third-order valence-corrected chi connectivity index (χ3v) is 4.72. The standard InChI is InChI=1S/C18H14Cl2N2O2S/c1-22-14-6-5-12(20)8-13(14)16(23)15(18(22)24)17(25)21-9-10-3-2-4-11(19)7-10/h2-8,23H,9H2,1H3,(H,21,25). The van der Waals surface area contributed by atoms with Crippen LogP contribution in [0.5, 0.6) is 5.75 Å². The quantitative estimate of drug-likeness (QED) is 0.661. The van der Waals surface area contributed by atoms with Gasteiger partial charge in [-0.3, -0.25) is 4.79 Å². The first-order chi connectivity index (χ1) is 11.9. The molecule has 1 heterocycles. The summed E-state index contributed by atoms with van der Waals surface area (Å²) >= 11 is 17.3. The van der Waals surface area contributed by atoms with Crippen molar-refractivity contribution in [3.05, 3.63) is 74.0 Å². The van der Waals surface area contributed by atoms with Crippen LogP contribution in [0.4, 0.5) is 0 Å². The number of nitrogens with zero attached hydrogens (tertiary/aromatic N) is 1. The van der Waals surface area contributed by atoms with Crippen molar-refractivity contribution < 1.29 is 5.11 Å². The summed E-state index contributed by atoms with van der Waals surface area (Å²) in [5.41, 5.74) is 1.16. The van der Waals surface area contributed by atoms with Gasteiger partial charge in [0.25, 0.3) is 5.56 Å². The van der Waals surface area contributed by atoms with Crippen LogP contribution in [0.1, 0.15) is 11.1 Å². The fraction of sp³-hybridized carbons (Fsp3) is 0.111. The van der Waals surface area contributed by atoms with Crippen LogP contribution in [0, 0.1) is 0 Å². The van der Waals surface area contributed by atoms with E-state index in [0.29, 0.717) is 27.5 Å². The van der Waals surface area contributed by atoms with E-state index in [1.165, 1.54) is 4.57 Å². The second kappa shape index (κ2) is 7.04. The number of benzene rings is 2. The summed E-state index contributed by atoms with van der Waals surface area (Å²) in [6.07, 6.45) is 0. The summed E-state index contributed by atoms with van der Waals surface area (Å²) in [6.45, 7) is 0.384. The van der Waals surface area contributed by atoms with Crippen LogP contribution in [0.25, 0.3) is 10.9 Å². The molecule has 3 rings (SSSR count). The van der Waals surface area contributed by atoms with Gasteiger partial charge in [0, 0.05) is 29.0 Å². The van der Waals surface area contributed by atoms with Crippen molar-refractivity contribution in [1.82, 2.24) is 9.88 Å². The maximum absolute atomic E-state index is 12.6. The molecule has 0 aliphatic heterocycles. The molecular formula is C18H14Cl2N2O2S. The lowest BCUT2D eigenvalue weighted by Crippen LogP contribution is -2.31. The Balaban J connectivity index is 2.00. The van der Waals surface area contributed by atoms with E-state index in [9.17, 15) is 9.90 Å². The maximum atomic E-state index is 12.6. The minimum absolute atomic E-state index is 0.0503. The third-order valence-electron chi connectivity index (χ3n) is 3.90. The number of aromatic nitrogens is 1. The van der Waals surface area contributed by atoms with Gasteiger partial charge in [-0.2, -0.15) is 0 Å². The molecule has 0 spiro atoms. The number of aromatic hydroxyl groups is 1. The Hall–Kier alpha value is -2.08. The number of fused-ring (bicyclic) bond motifs is 1. The lowest BCUT2D eigenvalue weighted by molar-refractivity contribution is 0.478. The number of aryl methyl sites for hydroxylation is 1. The fourth-order valence-corrected chi connectivity index (χ4v) is 3.27. The first-order valence-corrected chi connectivity index (χ1v) is 8.58. The van der Waals surface area contributed by atoms with Gasteiger partial charge in [-0.1, -0.05) is 47.6 Å². The molecule has 2 aromatic carbocycles. The summed E-state index contributed by atoms with van der Waals surface area (Å²) < 4.78 is 1.44. The summed E-state index contributed by atoms with van der Waals surface area (Å²) in [6, 6.07) is 12.3. The van der Waals surface area contributed by atoms with Crippen LogP contribution in [0.15, 0.2) is 47.3 Å². The normalized spacial score (nSPS) is 10.8. The van der Waals surface area contributed by atoms with E-state index in [1.807, 2.05) is 12.1 Å². The monoisotopic (exact) mass is 392 g/mol. The molecule has 0 saturated heterocycles. The van der Waals surface area contributed by atoms with Gasteiger partial charge in [0.05, 0.1) is 5.52 Å². The van der Waals surface area contributed by atoms with Gasteiger partial charge in [0.1, 0.15) is 16.3 Å². The van der Waals surface area contributed by atoms with Crippen LogP contribution in [-0.2, 0) is 13.6 Å². The van der Waals surface area contributed by atoms with Gasteiger partial charge in [-0.15, -0.1) is 0 Å². The van der Waals surface area contributed by atoms with E-state index in [2.05, 4.69) is 5.32 Å². The van der Waals surface area contributed by atoms with Gasteiger partial charge < -0.3 is 15.0 Å². The highest BCUT2D eigenvalue weighted by Crippen LogP contribution is 2.28. The first-order valence-electron chi connectivity index (χ1n) is 7.42. The van der Waals surface area contributed by atoms with Gasteiger partial charge in [0.2, 0.25) is 0 Å². The molecule has 128 valence electrons. The van der Waals surface area contributed by atoms with Crippen molar-refractivity contribution in [2.45, 2.75) is 6.54 Å². The molecule has 0 saturated carbocycles. The molecule has 25 heavy (non-hydrogen) atoms. The largest absolute Gasteiger partial charge is 0.506 e. The summed E-state index contributed by atoms with van der Waals surface area (Å²) in [5, 5.41) is 15.1. The summed E-state index contributed by atoms with van der Waals surface area (Å²) in [5.74, 6) is -0.177. The SMILES string of the molecule is Cn1c(=O)c(C(=S)NCc2cccc(Cl)c2)c(O)c2cc(Cl)ccc21. The zero-order valence-corrected chi connectivity index (χ0v) is 15.5. The van der Waals surface area contributed by atoms with Crippen LogP contribution in [0.3, 0.4) is 0 Å². The second-order valence-electron chi connectivity index (χ2n) is 5.56. The Bertz CT molecular complexity index is 1050. The van der Waals surface area contributed by atoms with Crippen LogP contribution >= 0.6 is 35.4 Å². The van der Waals surface area contributed by atoms with Crippen molar-refractivity contribution in [3.63, 3.8) is 0 Å². The van der Waals surface area contributed by atoms with E-state index in [-0.39, 0.29) is 21.9 Å². The predicted octanol–water partition coefficient (Wildman–Crippen LogP) is 4.02. The fourth-order valence-electron chi connectivity index (χ4n) is 2.63. The lowest BCUT2D eigenvalue weighted by Gasteiger charge is -2.14. The van der Waals surface area contributed by atoms with E-state index >= 15 is 0 Å². The zero-order valence-electron chi connectivity index (χ0n) is 13.2. The highest BCUT2D eigenvalue weighted by Gasteiger charge is 2.18. The number of hydrogen-bond acceptors (Lipinski definition) is 3. The van der Waals surface area contributed by atoms with Crippen molar-refractivity contribution >= 4 is 51.3 Å². The van der Waals surface area contributed by atoms with E-state index < -0.39 is 0 Å². The number of thiocarbonyl (C=S) groups is 1. The molecule has 0 aliphatic rings. The molecule has 0 amide bonds. The molecule has 7 heteroatoms. The number of pyridine rings is 1. The molecule has 2 N–H and O–H groups in total. The van der Waals surface area contributed by atoms with Gasteiger partial charge >= 0.3 is 0 Å². The molecule has 0 bridgehead atoms. The Morgan fingerprint density at radius 2 is 1.92 bits per heavy atom. The van der Waals surface area contributed by atoms with Gasteiger partial charge in [-0.05, 0) is 35.9 Å². The first kappa shape index (κ1) is 17.7. The minimum atomic E-state index is -0.379. The highest BCUT2D eigenvalue weighted by molar-refractivity contribution is 7.80. The van der Waals surface area contributed by atoms with Crippen LogP contribution in [0.2, 0.25) is 10.0 Å². The highest BCUT2D eigenvalue weighted by atomic mass is 35.5. The predicted molar refractivity (Wildman–Crippen MR) is 106 cm³/mol. The topological polar surface area (TPSA) is 54.3 Å². The second-order valence-corrected chi connectivity index (χ2v) is 6.84. The van der Waals surface area contributed by atoms with E-state index in [1.54, 1.807) is 37.4 Å². The Labute approximate surface area is 159 Å². The Morgan fingerprint density at radius 3 is 2.64 bits per heavy atom. The number of hydrogen-bond donors (Lipinski definition) is 2. The average molecular weight is 393 g/mol. The zero-order chi connectivity index (χ0) is 18.1. The maximum Gasteiger partial charge on any atom is 0.264 e. The van der Waals surface area contributed by atoms with E-state index in [0.717, 1.165) is 5.56 Å². The summed E-state index contributed by atoms with van der Waals surface area (Å²) in [4.78, 5) is 12.8. The molecule has 4 nitrogen and oxygen atoms in total. The molecule has 0 fully saturated rings. The smallest absolute Gasteiger partial charge is 0.264 e. The molecule has 0 aliphatic carbocycles.